The predicted octanol–water partition coefficient (Wildman–Crippen LogP) is 3.59. The highest BCUT2D eigenvalue weighted by Crippen LogP contribution is 2.32. The number of fused-ring (bicyclic) bond motifs is 1. The Labute approximate surface area is 80.3 Å². The van der Waals surface area contributed by atoms with Gasteiger partial charge in [-0.15, -0.1) is 0 Å². The van der Waals surface area contributed by atoms with Crippen LogP contribution in [0.3, 0.4) is 0 Å². The van der Waals surface area contributed by atoms with E-state index < -0.39 is 0 Å². The standard InChI is InChI=1S/C13H16/c1-10-5-4-6-11-9-13(2,3)8-7-12(10)11/h4-8H,9H2,1-3H3. The summed E-state index contributed by atoms with van der Waals surface area (Å²) in [6.07, 6.45) is 5.76. The van der Waals surface area contributed by atoms with E-state index in [1.165, 1.54) is 23.1 Å². The van der Waals surface area contributed by atoms with Crippen LogP contribution in [0.15, 0.2) is 24.3 Å². The van der Waals surface area contributed by atoms with E-state index in [0.717, 1.165) is 0 Å². The van der Waals surface area contributed by atoms with Crippen LogP contribution in [-0.4, -0.2) is 0 Å². The summed E-state index contributed by atoms with van der Waals surface area (Å²) in [6.45, 7) is 6.76. The first-order valence-corrected chi connectivity index (χ1v) is 4.86. The Bertz CT molecular complexity index is 356. The molecule has 0 heteroatoms. The molecule has 68 valence electrons. The van der Waals surface area contributed by atoms with Crippen molar-refractivity contribution in [1.29, 1.82) is 0 Å². The molecule has 0 saturated heterocycles. The summed E-state index contributed by atoms with van der Waals surface area (Å²) in [7, 11) is 0. The van der Waals surface area contributed by atoms with E-state index in [9.17, 15) is 0 Å². The van der Waals surface area contributed by atoms with Gasteiger partial charge in [-0.25, -0.2) is 0 Å². The minimum absolute atomic E-state index is 0.334. The molecule has 0 N–H and O–H groups in total. The number of rotatable bonds is 0. The number of hydrogen-bond acceptors (Lipinski definition) is 0. The summed E-state index contributed by atoms with van der Waals surface area (Å²) in [5.41, 5.74) is 4.65. The lowest BCUT2D eigenvalue weighted by Gasteiger charge is -2.26. The quantitative estimate of drug-likeness (QED) is 0.561. The summed E-state index contributed by atoms with van der Waals surface area (Å²) in [6, 6.07) is 6.58. The van der Waals surface area contributed by atoms with Gasteiger partial charge >= 0.3 is 0 Å². The summed E-state index contributed by atoms with van der Waals surface area (Å²) >= 11 is 0. The van der Waals surface area contributed by atoms with Crippen molar-refractivity contribution in [3.63, 3.8) is 0 Å². The minimum atomic E-state index is 0.334. The van der Waals surface area contributed by atoms with Crippen molar-refractivity contribution in [2.24, 2.45) is 5.41 Å². The maximum Gasteiger partial charge on any atom is -0.0131 e. The Hall–Kier alpha value is -1.04. The Morgan fingerprint density at radius 2 is 2.00 bits per heavy atom. The fourth-order valence-corrected chi connectivity index (χ4v) is 1.99. The van der Waals surface area contributed by atoms with E-state index >= 15 is 0 Å². The van der Waals surface area contributed by atoms with Crippen LogP contribution in [-0.2, 0) is 6.42 Å². The Balaban J connectivity index is 2.53. The fraction of sp³-hybridized carbons (Fsp3) is 0.385. The lowest BCUT2D eigenvalue weighted by atomic mass is 9.78. The molecule has 0 saturated carbocycles. The molecule has 0 amide bonds. The van der Waals surface area contributed by atoms with Crippen molar-refractivity contribution in [3.05, 3.63) is 41.0 Å². The highest BCUT2D eigenvalue weighted by atomic mass is 14.2. The van der Waals surface area contributed by atoms with Crippen molar-refractivity contribution in [1.82, 2.24) is 0 Å². The highest BCUT2D eigenvalue weighted by Gasteiger charge is 2.20. The molecule has 0 radical (unpaired) electrons. The molecule has 0 atom stereocenters. The topological polar surface area (TPSA) is 0 Å². The van der Waals surface area contributed by atoms with E-state index in [4.69, 9.17) is 0 Å². The molecule has 1 aliphatic rings. The van der Waals surface area contributed by atoms with E-state index in [1.54, 1.807) is 0 Å². The van der Waals surface area contributed by atoms with Gasteiger partial charge in [-0.1, -0.05) is 44.2 Å². The van der Waals surface area contributed by atoms with Crippen LogP contribution < -0.4 is 0 Å². The Kier molecular flexibility index (Phi) is 1.80. The summed E-state index contributed by atoms with van der Waals surface area (Å²) in [4.78, 5) is 0. The fourth-order valence-electron chi connectivity index (χ4n) is 1.99. The van der Waals surface area contributed by atoms with E-state index in [2.05, 4.69) is 51.1 Å². The minimum Gasteiger partial charge on any atom is -0.0779 e. The number of hydrogen-bond donors (Lipinski definition) is 0. The monoisotopic (exact) mass is 172 g/mol. The molecule has 2 rings (SSSR count). The molecular weight excluding hydrogens is 156 g/mol. The molecule has 0 nitrogen and oxygen atoms in total. The molecule has 1 aromatic carbocycles. The molecule has 0 aromatic heterocycles. The van der Waals surface area contributed by atoms with E-state index in [-0.39, 0.29) is 0 Å². The maximum absolute atomic E-state index is 2.32. The summed E-state index contributed by atoms with van der Waals surface area (Å²) in [5.74, 6) is 0. The molecular formula is C13H16. The second-order valence-electron chi connectivity index (χ2n) is 4.65. The zero-order valence-corrected chi connectivity index (χ0v) is 8.59. The normalized spacial score (nSPS) is 18.4. The Morgan fingerprint density at radius 3 is 2.77 bits per heavy atom. The molecule has 0 unspecified atom stereocenters. The third kappa shape index (κ3) is 1.53. The zero-order chi connectivity index (χ0) is 9.47. The average Bonchev–Trinajstić information content (AvgIpc) is 2.02. The van der Waals surface area contributed by atoms with Gasteiger partial charge in [-0.2, -0.15) is 0 Å². The number of allylic oxidation sites excluding steroid dienone is 1. The predicted molar refractivity (Wildman–Crippen MR) is 57.7 cm³/mol. The van der Waals surface area contributed by atoms with E-state index in [0.29, 0.717) is 5.41 Å². The SMILES string of the molecule is Cc1cccc2c1C=CC(C)(C)C2. The molecule has 0 bridgehead atoms. The number of benzene rings is 1. The molecule has 0 heterocycles. The van der Waals surface area contributed by atoms with Gasteiger partial charge in [0, 0.05) is 0 Å². The van der Waals surface area contributed by atoms with Gasteiger partial charge in [0.05, 0.1) is 0 Å². The van der Waals surface area contributed by atoms with Crippen LogP contribution in [0.4, 0.5) is 0 Å². The van der Waals surface area contributed by atoms with Gasteiger partial charge in [0.25, 0.3) is 0 Å². The molecule has 1 aromatic rings. The van der Waals surface area contributed by atoms with Gasteiger partial charge in [-0.3, -0.25) is 0 Å². The average molecular weight is 172 g/mol. The molecule has 13 heavy (non-hydrogen) atoms. The highest BCUT2D eigenvalue weighted by molar-refractivity contribution is 5.61. The lowest BCUT2D eigenvalue weighted by Crippen LogP contribution is -2.15. The van der Waals surface area contributed by atoms with Gasteiger partial charge in [0.15, 0.2) is 0 Å². The third-order valence-electron chi connectivity index (χ3n) is 2.76. The first-order chi connectivity index (χ1) is 6.08. The van der Waals surface area contributed by atoms with Crippen molar-refractivity contribution in [2.45, 2.75) is 27.2 Å². The summed E-state index contributed by atoms with van der Waals surface area (Å²) in [5, 5.41) is 0. The first-order valence-electron chi connectivity index (χ1n) is 4.86. The molecule has 0 fully saturated rings. The van der Waals surface area contributed by atoms with Crippen LogP contribution in [0.1, 0.15) is 30.5 Å². The smallest absolute Gasteiger partial charge is 0.0131 e. The second-order valence-corrected chi connectivity index (χ2v) is 4.65. The first kappa shape index (κ1) is 8.55. The molecule has 0 aliphatic heterocycles. The molecule has 1 aliphatic carbocycles. The van der Waals surface area contributed by atoms with Gasteiger partial charge < -0.3 is 0 Å². The van der Waals surface area contributed by atoms with Crippen LogP contribution >= 0.6 is 0 Å². The number of aryl methyl sites for hydroxylation is 1. The van der Waals surface area contributed by atoms with Gasteiger partial charge in [-0.05, 0) is 35.4 Å². The van der Waals surface area contributed by atoms with Crippen LogP contribution in [0.5, 0.6) is 0 Å². The van der Waals surface area contributed by atoms with Crippen molar-refractivity contribution >= 4 is 6.08 Å². The Morgan fingerprint density at radius 1 is 1.23 bits per heavy atom. The second kappa shape index (κ2) is 2.73. The largest absolute Gasteiger partial charge is 0.0779 e. The van der Waals surface area contributed by atoms with Crippen LogP contribution in [0.25, 0.3) is 6.08 Å². The summed E-state index contributed by atoms with van der Waals surface area (Å²) < 4.78 is 0. The zero-order valence-electron chi connectivity index (χ0n) is 8.59. The van der Waals surface area contributed by atoms with Crippen molar-refractivity contribution in [2.75, 3.05) is 0 Å². The third-order valence-corrected chi connectivity index (χ3v) is 2.76. The van der Waals surface area contributed by atoms with Gasteiger partial charge in [0.1, 0.15) is 0 Å². The van der Waals surface area contributed by atoms with Crippen molar-refractivity contribution in [3.8, 4) is 0 Å². The molecule has 0 spiro atoms. The van der Waals surface area contributed by atoms with Crippen LogP contribution in [0.2, 0.25) is 0 Å². The van der Waals surface area contributed by atoms with Gasteiger partial charge in [0.2, 0.25) is 0 Å². The van der Waals surface area contributed by atoms with Crippen LogP contribution in [0, 0.1) is 12.3 Å². The maximum atomic E-state index is 2.32. The van der Waals surface area contributed by atoms with E-state index in [1.807, 2.05) is 0 Å². The van der Waals surface area contributed by atoms with Crippen molar-refractivity contribution < 1.29 is 0 Å². The lowest BCUT2D eigenvalue weighted by molar-refractivity contribution is 0.474.